The van der Waals surface area contributed by atoms with Crippen molar-refractivity contribution in [1.82, 2.24) is 10.3 Å². The van der Waals surface area contributed by atoms with E-state index in [4.69, 9.17) is 0 Å². The molecule has 1 aliphatic rings. The molecule has 98 valence electrons. The van der Waals surface area contributed by atoms with E-state index in [0.717, 1.165) is 35.8 Å². The molecule has 19 heavy (non-hydrogen) atoms. The lowest BCUT2D eigenvalue weighted by molar-refractivity contribution is 0.0991. The summed E-state index contributed by atoms with van der Waals surface area (Å²) in [5.74, 6) is 0.188. The van der Waals surface area contributed by atoms with Crippen molar-refractivity contribution in [3.63, 3.8) is 0 Å². The number of carbonyl (C=O) groups is 1. The van der Waals surface area contributed by atoms with Crippen LogP contribution in [0.15, 0.2) is 23.6 Å². The molecule has 0 saturated heterocycles. The lowest BCUT2D eigenvalue weighted by Crippen LogP contribution is -2.25. The van der Waals surface area contributed by atoms with Gasteiger partial charge in [0.25, 0.3) is 0 Å². The van der Waals surface area contributed by atoms with Crippen LogP contribution in [0.2, 0.25) is 0 Å². The molecule has 0 amide bonds. The van der Waals surface area contributed by atoms with E-state index in [-0.39, 0.29) is 5.78 Å². The number of nitrogens with zero attached hydrogens (tertiary/aromatic N) is 1. The van der Waals surface area contributed by atoms with Crippen molar-refractivity contribution in [1.29, 1.82) is 0 Å². The summed E-state index contributed by atoms with van der Waals surface area (Å²) in [4.78, 5) is 16.8. The summed E-state index contributed by atoms with van der Waals surface area (Å²) >= 11 is 1.57. The second kappa shape index (κ2) is 5.23. The summed E-state index contributed by atoms with van der Waals surface area (Å²) in [6, 6.07) is 6.03. The van der Waals surface area contributed by atoms with Crippen LogP contribution in [0.3, 0.4) is 0 Å². The highest BCUT2D eigenvalue weighted by molar-refractivity contribution is 7.09. The minimum Gasteiger partial charge on any atom is -0.312 e. The second-order valence-electron chi connectivity index (χ2n) is 4.85. The Bertz CT molecular complexity index is 618. The molecule has 2 heterocycles. The molecule has 1 N–H and O–H groups in total. The first kappa shape index (κ1) is 12.5. The number of rotatable bonds is 3. The number of carbonyl (C=O) groups excluding carboxylic acids is 1. The Labute approximate surface area is 116 Å². The third kappa shape index (κ3) is 2.60. The van der Waals surface area contributed by atoms with Crippen molar-refractivity contribution in [2.24, 2.45) is 0 Å². The van der Waals surface area contributed by atoms with Gasteiger partial charge < -0.3 is 5.32 Å². The van der Waals surface area contributed by atoms with Gasteiger partial charge in [-0.2, -0.15) is 0 Å². The first-order valence-electron chi connectivity index (χ1n) is 6.50. The zero-order chi connectivity index (χ0) is 13.2. The van der Waals surface area contributed by atoms with Crippen LogP contribution in [-0.4, -0.2) is 17.3 Å². The summed E-state index contributed by atoms with van der Waals surface area (Å²) in [5.41, 5.74) is 4.35. The van der Waals surface area contributed by atoms with Gasteiger partial charge in [0.2, 0.25) is 0 Å². The Balaban J connectivity index is 1.87. The number of ketones is 1. The molecule has 1 aromatic heterocycles. The van der Waals surface area contributed by atoms with Gasteiger partial charge in [0.15, 0.2) is 5.78 Å². The van der Waals surface area contributed by atoms with E-state index >= 15 is 0 Å². The van der Waals surface area contributed by atoms with Gasteiger partial charge in [0.05, 0.1) is 6.42 Å². The third-order valence-corrected chi connectivity index (χ3v) is 4.39. The Morgan fingerprint density at radius 1 is 1.47 bits per heavy atom. The van der Waals surface area contributed by atoms with Crippen LogP contribution in [0.5, 0.6) is 0 Å². The maximum atomic E-state index is 12.4. The van der Waals surface area contributed by atoms with Gasteiger partial charge >= 0.3 is 0 Å². The molecule has 0 atom stereocenters. The molecule has 0 aliphatic carbocycles. The fourth-order valence-corrected chi connectivity index (χ4v) is 3.28. The number of Topliss-reactive ketones (excluding diaryl/α,β-unsaturated/α-hetero) is 1. The maximum absolute atomic E-state index is 12.4. The van der Waals surface area contributed by atoms with Gasteiger partial charge in [-0.05, 0) is 31.0 Å². The largest absolute Gasteiger partial charge is 0.312 e. The van der Waals surface area contributed by atoms with Crippen LogP contribution >= 0.6 is 11.3 Å². The normalized spacial score (nSPS) is 14.2. The molecule has 3 rings (SSSR count). The average molecular weight is 272 g/mol. The molecular weight excluding hydrogens is 256 g/mol. The monoisotopic (exact) mass is 272 g/mol. The number of thiazole rings is 1. The molecule has 0 spiro atoms. The molecule has 1 aliphatic heterocycles. The van der Waals surface area contributed by atoms with Gasteiger partial charge in [-0.1, -0.05) is 18.2 Å². The van der Waals surface area contributed by atoms with Crippen LogP contribution in [-0.2, 0) is 19.4 Å². The number of hydrogen-bond acceptors (Lipinski definition) is 4. The number of fused-ring (bicyclic) bond motifs is 1. The number of aryl methyl sites for hydroxylation is 1. The van der Waals surface area contributed by atoms with E-state index in [1.165, 1.54) is 11.1 Å². The number of aromatic nitrogens is 1. The van der Waals surface area contributed by atoms with Crippen LogP contribution in [0.25, 0.3) is 0 Å². The maximum Gasteiger partial charge on any atom is 0.169 e. The summed E-state index contributed by atoms with van der Waals surface area (Å²) < 4.78 is 0. The predicted octanol–water partition coefficient (Wildman–Crippen LogP) is 2.52. The van der Waals surface area contributed by atoms with Crippen LogP contribution in [0.1, 0.15) is 32.2 Å². The van der Waals surface area contributed by atoms with Gasteiger partial charge in [-0.15, -0.1) is 11.3 Å². The van der Waals surface area contributed by atoms with Crippen LogP contribution < -0.4 is 5.32 Å². The number of hydrogen-bond donors (Lipinski definition) is 1. The highest BCUT2D eigenvalue weighted by atomic mass is 32.1. The molecular formula is C15H16N2OS. The standard InChI is InChI=1S/C15H16N2OS/c1-10-9-19-15(17-10)7-14(18)13-4-2-3-11-8-16-6-5-12(11)13/h2-4,9,16H,5-8H2,1H3. The number of benzene rings is 1. The topological polar surface area (TPSA) is 42.0 Å². The van der Waals surface area contributed by atoms with Gasteiger partial charge in [-0.25, -0.2) is 4.98 Å². The fourth-order valence-electron chi connectivity index (χ4n) is 2.51. The van der Waals surface area contributed by atoms with Gasteiger partial charge in [0.1, 0.15) is 5.01 Å². The highest BCUT2D eigenvalue weighted by Crippen LogP contribution is 2.21. The smallest absolute Gasteiger partial charge is 0.169 e. The summed E-state index contributed by atoms with van der Waals surface area (Å²) in [7, 11) is 0. The Hall–Kier alpha value is -1.52. The molecule has 0 radical (unpaired) electrons. The first-order chi connectivity index (χ1) is 9.24. The Kier molecular flexibility index (Phi) is 3.44. The van der Waals surface area contributed by atoms with Crippen molar-refractivity contribution in [2.75, 3.05) is 6.54 Å². The zero-order valence-electron chi connectivity index (χ0n) is 10.9. The minimum absolute atomic E-state index is 0.188. The van der Waals surface area contributed by atoms with Gasteiger partial charge in [-0.3, -0.25) is 4.79 Å². The molecule has 2 aromatic rings. The minimum atomic E-state index is 0.188. The quantitative estimate of drug-likeness (QED) is 0.873. The van der Waals surface area contributed by atoms with Crippen molar-refractivity contribution in [3.8, 4) is 0 Å². The van der Waals surface area contributed by atoms with Gasteiger partial charge in [0, 0.05) is 23.2 Å². The zero-order valence-corrected chi connectivity index (χ0v) is 11.7. The van der Waals surface area contributed by atoms with E-state index in [1.54, 1.807) is 11.3 Å². The van der Waals surface area contributed by atoms with Crippen molar-refractivity contribution >= 4 is 17.1 Å². The lowest BCUT2D eigenvalue weighted by atomic mass is 9.92. The third-order valence-electron chi connectivity index (χ3n) is 3.42. The predicted molar refractivity (Wildman–Crippen MR) is 76.7 cm³/mol. The van der Waals surface area contributed by atoms with Crippen molar-refractivity contribution in [3.05, 3.63) is 51.0 Å². The molecule has 0 fully saturated rings. The van der Waals surface area contributed by atoms with E-state index in [0.29, 0.717) is 6.42 Å². The Morgan fingerprint density at radius 2 is 2.37 bits per heavy atom. The molecule has 1 aromatic carbocycles. The molecule has 3 nitrogen and oxygen atoms in total. The van der Waals surface area contributed by atoms with E-state index in [2.05, 4.69) is 16.4 Å². The van der Waals surface area contributed by atoms with Crippen LogP contribution in [0, 0.1) is 6.92 Å². The molecule has 0 unspecified atom stereocenters. The molecule has 0 bridgehead atoms. The first-order valence-corrected chi connectivity index (χ1v) is 7.37. The second-order valence-corrected chi connectivity index (χ2v) is 5.80. The Morgan fingerprint density at radius 3 is 3.16 bits per heavy atom. The van der Waals surface area contributed by atoms with E-state index in [9.17, 15) is 4.79 Å². The highest BCUT2D eigenvalue weighted by Gasteiger charge is 2.18. The lowest BCUT2D eigenvalue weighted by Gasteiger charge is -2.19. The summed E-state index contributed by atoms with van der Waals surface area (Å²) in [6.07, 6.45) is 1.36. The SMILES string of the molecule is Cc1csc(CC(=O)c2cccc3c2CCNC3)n1. The molecule has 4 heteroatoms. The summed E-state index contributed by atoms with van der Waals surface area (Å²) in [6.45, 7) is 3.78. The fraction of sp³-hybridized carbons (Fsp3) is 0.333. The van der Waals surface area contributed by atoms with E-state index < -0.39 is 0 Å². The van der Waals surface area contributed by atoms with Crippen molar-refractivity contribution in [2.45, 2.75) is 26.3 Å². The molecule has 0 saturated carbocycles. The van der Waals surface area contributed by atoms with E-state index in [1.807, 2.05) is 24.4 Å². The summed E-state index contributed by atoms with van der Waals surface area (Å²) in [5, 5.41) is 6.24. The number of nitrogens with one attached hydrogen (secondary N) is 1. The average Bonchev–Trinajstić information content (AvgIpc) is 2.83. The van der Waals surface area contributed by atoms with Crippen LogP contribution in [0.4, 0.5) is 0 Å². The van der Waals surface area contributed by atoms with Crippen molar-refractivity contribution < 1.29 is 4.79 Å².